The van der Waals surface area contributed by atoms with E-state index in [0.29, 0.717) is 5.92 Å². The van der Waals surface area contributed by atoms with Gasteiger partial charge in [0.2, 0.25) is 0 Å². The van der Waals surface area contributed by atoms with Crippen LogP contribution < -0.4 is 0 Å². The molecule has 2 aliphatic carbocycles. The molecule has 2 fully saturated rings. The number of hydrogen-bond donors (Lipinski definition) is 0. The molecule has 1 aromatic heterocycles. The van der Waals surface area contributed by atoms with Gasteiger partial charge in [-0.3, -0.25) is 0 Å². The molecule has 2 unspecified atom stereocenters. The highest BCUT2D eigenvalue weighted by Crippen LogP contribution is 2.48. The van der Waals surface area contributed by atoms with Crippen molar-refractivity contribution in [1.82, 2.24) is 4.98 Å². The minimum Gasteiger partial charge on any atom is -0.248 e. The van der Waals surface area contributed by atoms with Gasteiger partial charge in [-0.15, -0.1) is 11.3 Å². The van der Waals surface area contributed by atoms with Crippen molar-refractivity contribution in [3.63, 3.8) is 0 Å². The van der Waals surface area contributed by atoms with E-state index in [1.165, 1.54) is 53.7 Å². The summed E-state index contributed by atoms with van der Waals surface area (Å²) in [6.07, 6.45) is 11.9. The average Bonchev–Trinajstić information content (AvgIpc) is 3.01. The predicted molar refractivity (Wildman–Crippen MR) is 80.8 cm³/mol. The standard InChI is InChI=1S/C15H21BrNS/c1-10-6-7-12(11-4-2-3-5-11)8-13(10)15-17-9-14(16)18-15/h9-11,13H,2-8H2,1H3. The van der Waals surface area contributed by atoms with E-state index >= 15 is 0 Å². The van der Waals surface area contributed by atoms with Crippen LogP contribution in [0.1, 0.15) is 62.8 Å². The Morgan fingerprint density at radius 1 is 1.28 bits per heavy atom. The first-order valence-corrected chi connectivity index (χ1v) is 8.81. The smallest absolute Gasteiger partial charge is 0.0970 e. The molecule has 1 heterocycles. The average molecular weight is 327 g/mol. The van der Waals surface area contributed by atoms with Crippen LogP contribution in [0.5, 0.6) is 0 Å². The topological polar surface area (TPSA) is 12.9 Å². The maximum absolute atomic E-state index is 4.61. The zero-order chi connectivity index (χ0) is 12.5. The third-order valence-corrected chi connectivity index (χ3v) is 6.44. The number of nitrogens with zero attached hydrogens (tertiary/aromatic N) is 1. The van der Waals surface area contributed by atoms with Crippen LogP contribution in [0.15, 0.2) is 9.98 Å². The first-order chi connectivity index (χ1) is 8.74. The van der Waals surface area contributed by atoms with Gasteiger partial charge in [0.25, 0.3) is 0 Å². The van der Waals surface area contributed by atoms with Crippen molar-refractivity contribution in [1.29, 1.82) is 0 Å². The van der Waals surface area contributed by atoms with Gasteiger partial charge in [0.1, 0.15) is 0 Å². The van der Waals surface area contributed by atoms with Gasteiger partial charge >= 0.3 is 0 Å². The molecule has 99 valence electrons. The van der Waals surface area contributed by atoms with E-state index in [1.54, 1.807) is 0 Å². The van der Waals surface area contributed by atoms with Crippen LogP contribution in [0.25, 0.3) is 0 Å². The van der Waals surface area contributed by atoms with Crippen molar-refractivity contribution < 1.29 is 0 Å². The van der Waals surface area contributed by atoms with Crippen molar-refractivity contribution in [2.24, 2.45) is 11.8 Å². The molecule has 0 aromatic carbocycles. The van der Waals surface area contributed by atoms with Crippen LogP contribution in [0, 0.1) is 17.8 Å². The lowest BCUT2D eigenvalue weighted by atomic mass is 9.70. The van der Waals surface area contributed by atoms with Crippen molar-refractivity contribution in [2.45, 2.75) is 57.8 Å². The lowest BCUT2D eigenvalue weighted by Gasteiger charge is -2.35. The first-order valence-electron chi connectivity index (χ1n) is 7.20. The van der Waals surface area contributed by atoms with Crippen LogP contribution in [-0.4, -0.2) is 4.98 Å². The molecule has 2 saturated carbocycles. The van der Waals surface area contributed by atoms with Crippen LogP contribution in [0.4, 0.5) is 0 Å². The second kappa shape index (κ2) is 5.62. The number of halogens is 1. The van der Waals surface area contributed by atoms with E-state index in [1.807, 2.05) is 23.5 Å². The van der Waals surface area contributed by atoms with Crippen LogP contribution in [0.3, 0.4) is 0 Å². The number of thiazole rings is 1. The Hall–Kier alpha value is 0.110. The largest absolute Gasteiger partial charge is 0.248 e. The fraction of sp³-hybridized carbons (Fsp3) is 0.733. The van der Waals surface area contributed by atoms with Gasteiger partial charge in [0.05, 0.1) is 15.0 Å². The first kappa shape index (κ1) is 13.1. The third kappa shape index (κ3) is 2.67. The van der Waals surface area contributed by atoms with Crippen molar-refractivity contribution >= 4 is 27.3 Å². The van der Waals surface area contributed by atoms with E-state index in [-0.39, 0.29) is 0 Å². The van der Waals surface area contributed by atoms with Crippen LogP contribution in [-0.2, 0) is 0 Å². The highest BCUT2D eigenvalue weighted by molar-refractivity contribution is 9.11. The normalized spacial score (nSPS) is 31.0. The zero-order valence-corrected chi connectivity index (χ0v) is 13.4. The van der Waals surface area contributed by atoms with Gasteiger partial charge in [-0.05, 0) is 65.8 Å². The number of aromatic nitrogens is 1. The Balaban J connectivity index is 1.72. The molecule has 0 N–H and O–H groups in total. The fourth-order valence-corrected chi connectivity index (χ4v) is 5.15. The van der Waals surface area contributed by atoms with E-state index in [0.717, 1.165) is 11.8 Å². The SMILES string of the molecule is CC1CC[C](C2CCCC2)CC1c1ncc(Br)s1. The molecule has 3 rings (SSSR count). The van der Waals surface area contributed by atoms with Crippen molar-refractivity contribution in [3.05, 3.63) is 20.9 Å². The molecular weight excluding hydrogens is 306 g/mol. The Kier molecular flexibility index (Phi) is 4.09. The summed E-state index contributed by atoms with van der Waals surface area (Å²) in [7, 11) is 0. The third-order valence-electron chi connectivity index (χ3n) is 4.83. The van der Waals surface area contributed by atoms with Gasteiger partial charge in [0.15, 0.2) is 0 Å². The highest BCUT2D eigenvalue weighted by Gasteiger charge is 2.35. The van der Waals surface area contributed by atoms with Gasteiger partial charge in [-0.2, -0.15) is 0 Å². The van der Waals surface area contributed by atoms with Crippen LogP contribution in [0.2, 0.25) is 0 Å². The summed E-state index contributed by atoms with van der Waals surface area (Å²) in [6, 6.07) is 0. The van der Waals surface area contributed by atoms with Gasteiger partial charge in [-0.1, -0.05) is 19.8 Å². The fourth-order valence-electron chi connectivity index (χ4n) is 3.67. The van der Waals surface area contributed by atoms with E-state index in [9.17, 15) is 0 Å². The molecule has 3 heteroatoms. The number of rotatable bonds is 2. The molecule has 0 amide bonds. The van der Waals surface area contributed by atoms with E-state index in [2.05, 4.69) is 27.8 Å². The van der Waals surface area contributed by atoms with E-state index in [4.69, 9.17) is 0 Å². The molecule has 0 saturated heterocycles. The summed E-state index contributed by atoms with van der Waals surface area (Å²) >= 11 is 5.38. The quantitative estimate of drug-likeness (QED) is 0.691. The van der Waals surface area contributed by atoms with Crippen LogP contribution >= 0.6 is 27.3 Å². The van der Waals surface area contributed by atoms with Gasteiger partial charge < -0.3 is 0 Å². The van der Waals surface area contributed by atoms with E-state index < -0.39 is 0 Å². The molecule has 0 bridgehead atoms. The summed E-state index contributed by atoms with van der Waals surface area (Å²) < 4.78 is 1.18. The molecule has 0 aliphatic heterocycles. The maximum Gasteiger partial charge on any atom is 0.0970 e. The maximum atomic E-state index is 4.61. The minimum absolute atomic E-state index is 0.686. The zero-order valence-electron chi connectivity index (χ0n) is 11.0. The van der Waals surface area contributed by atoms with Crippen molar-refractivity contribution in [2.75, 3.05) is 0 Å². The number of hydrogen-bond acceptors (Lipinski definition) is 2. The minimum atomic E-state index is 0.686. The molecule has 2 aliphatic rings. The molecule has 1 nitrogen and oxygen atoms in total. The molecule has 1 radical (unpaired) electrons. The molecule has 18 heavy (non-hydrogen) atoms. The predicted octanol–water partition coefficient (Wildman–Crippen LogP) is 5.57. The Bertz CT molecular complexity index is 397. The second-order valence-electron chi connectivity index (χ2n) is 5.97. The highest BCUT2D eigenvalue weighted by atomic mass is 79.9. The Labute approximate surface area is 123 Å². The summed E-state index contributed by atoms with van der Waals surface area (Å²) in [5.74, 6) is 4.30. The lowest BCUT2D eigenvalue weighted by Crippen LogP contribution is -2.24. The molecule has 2 atom stereocenters. The molecular formula is C15H21BrNS. The summed E-state index contributed by atoms with van der Waals surface area (Å²) in [5.41, 5.74) is 0. The Morgan fingerprint density at radius 3 is 2.72 bits per heavy atom. The van der Waals surface area contributed by atoms with Gasteiger partial charge in [0, 0.05) is 5.92 Å². The Morgan fingerprint density at radius 2 is 2.06 bits per heavy atom. The van der Waals surface area contributed by atoms with Crippen molar-refractivity contribution in [3.8, 4) is 0 Å². The van der Waals surface area contributed by atoms with Gasteiger partial charge in [-0.25, -0.2) is 4.98 Å². The summed E-state index contributed by atoms with van der Waals surface area (Å²) in [5, 5.41) is 1.35. The second-order valence-corrected chi connectivity index (χ2v) is 8.41. The summed E-state index contributed by atoms with van der Waals surface area (Å²) in [6.45, 7) is 2.41. The molecule has 1 aromatic rings. The lowest BCUT2D eigenvalue weighted by molar-refractivity contribution is 0.309. The molecule has 0 spiro atoms. The summed E-state index contributed by atoms with van der Waals surface area (Å²) in [4.78, 5) is 4.61. The monoisotopic (exact) mass is 326 g/mol.